The molecule has 110 valence electrons. The summed E-state index contributed by atoms with van der Waals surface area (Å²) < 4.78 is 2.24. The van der Waals surface area contributed by atoms with Crippen LogP contribution in [-0.2, 0) is 6.54 Å². The minimum absolute atomic E-state index is 0.540. The van der Waals surface area contributed by atoms with E-state index < -0.39 is 0 Å². The molecule has 1 fully saturated rings. The van der Waals surface area contributed by atoms with E-state index in [4.69, 9.17) is 4.98 Å². The molecule has 0 aromatic carbocycles. The summed E-state index contributed by atoms with van der Waals surface area (Å²) >= 11 is 3.78. The van der Waals surface area contributed by atoms with Gasteiger partial charge < -0.3 is 10.2 Å². The third-order valence-corrected chi connectivity index (χ3v) is 6.13. The largest absolute Gasteiger partial charge is 0.350 e. The molecule has 3 heterocycles. The maximum Gasteiger partial charge on any atom is 0.195 e. The number of nitrogens with one attached hydrogen (secondary N) is 1. The van der Waals surface area contributed by atoms with Gasteiger partial charge in [-0.1, -0.05) is 13.8 Å². The molecular formula is C14H22N4S2. The van der Waals surface area contributed by atoms with Crippen molar-refractivity contribution in [2.45, 2.75) is 38.6 Å². The number of imidazole rings is 1. The van der Waals surface area contributed by atoms with E-state index in [9.17, 15) is 0 Å². The number of thioether (sulfide) groups is 1. The van der Waals surface area contributed by atoms with Crippen molar-refractivity contribution in [3.8, 4) is 0 Å². The third kappa shape index (κ3) is 2.44. The maximum absolute atomic E-state index is 4.89. The molecular weight excluding hydrogens is 288 g/mol. The Hall–Kier alpha value is -0.720. The fourth-order valence-corrected chi connectivity index (χ4v) is 4.52. The zero-order valence-electron chi connectivity index (χ0n) is 12.3. The molecule has 2 unspecified atom stereocenters. The van der Waals surface area contributed by atoms with E-state index in [1.54, 1.807) is 11.3 Å². The molecule has 1 aliphatic heterocycles. The molecule has 0 radical (unpaired) electrons. The van der Waals surface area contributed by atoms with Crippen molar-refractivity contribution in [1.29, 1.82) is 0 Å². The van der Waals surface area contributed by atoms with Gasteiger partial charge in [0.15, 0.2) is 10.8 Å². The number of nitrogens with zero attached hydrogens (tertiary/aromatic N) is 3. The molecule has 2 aromatic heterocycles. The summed E-state index contributed by atoms with van der Waals surface area (Å²) in [6.45, 7) is 9.76. The van der Waals surface area contributed by atoms with Gasteiger partial charge in [0.1, 0.15) is 0 Å². The lowest BCUT2D eigenvalue weighted by atomic mass is 10.2. The Morgan fingerprint density at radius 1 is 1.45 bits per heavy atom. The van der Waals surface area contributed by atoms with E-state index in [1.807, 2.05) is 0 Å². The Morgan fingerprint density at radius 2 is 2.30 bits per heavy atom. The number of fused-ring (bicyclic) bond motifs is 1. The first kappa shape index (κ1) is 14.2. The Balaban J connectivity index is 1.98. The van der Waals surface area contributed by atoms with Crippen molar-refractivity contribution >= 4 is 33.9 Å². The quantitative estimate of drug-likeness (QED) is 0.941. The van der Waals surface area contributed by atoms with Crippen LogP contribution >= 0.6 is 23.1 Å². The van der Waals surface area contributed by atoms with Crippen LogP contribution in [0.2, 0.25) is 0 Å². The highest BCUT2D eigenvalue weighted by atomic mass is 32.2. The first-order valence-corrected chi connectivity index (χ1v) is 9.18. The number of thiazole rings is 1. The predicted octanol–water partition coefficient (Wildman–Crippen LogP) is 2.84. The lowest BCUT2D eigenvalue weighted by Gasteiger charge is -2.38. The van der Waals surface area contributed by atoms with E-state index in [-0.39, 0.29) is 0 Å². The summed E-state index contributed by atoms with van der Waals surface area (Å²) in [7, 11) is 0. The molecule has 0 amide bonds. The monoisotopic (exact) mass is 310 g/mol. The average Bonchev–Trinajstić information content (AvgIpc) is 3.01. The summed E-state index contributed by atoms with van der Waals surface area (Å²) in [4.78, 5) is 8.49. The Bertz CT molecular complexity index is 577. The van der Waals surface area contributed by atoms with E-state index >= 15 is 0 Å². The fraction of sp³-hybridized carbons (Fsp3) is 0.643. The summed E-state index contributed by atoms with van der Waals surface area (Å²) in [5.74, 6) is 2.37. The first-order valence-electron chi connectivity index (χ1n) is 7.25. The van der Waals surface area contributed by atoms with Crippen molar-refractivity contribution in [3.05, 3.63) is 17.3 Å². The van der Waals surface area contributed by atoms with Crippen LogP contribution in [0, 0.1) is 0 Å². The van der Waals surface area contributed by atoms with Crippen molar-refractivity contribution in [2.24, 2.45) is 0 Å². The lowest BCUT2D eigenvalue weighted by molar-refractivity contribution is 0.613. The number of aromatic nitrogens is 2. The normalized spacial score (nSPS) is 23.6. The van der Waals surface area contributed by atoms with Crippen molar-refractivity contribution < 1.29 is 0 Å². The summed E-state index contributed by atoms with van der Waals surface area (Å²) in [6, 6.07) is 0.540. The number of rotatable bonds is 4. The van der Waals surface area contributed by atoms with Crippen LogP contribution in [0.3, 0.4) is 0 Å². The second-order valence-electron chi connectivity index (χ2n) is 5.23. The van der Waals surface area contributed by atoms with Gasteiger partial charge in [0.2, 0.25) is 0 Å². The van der Waals surface area contributed by atoms with Crippen LogP contribution in [0.15, 0.2) is 11.6 Å². The highest BCUT2D eigenvalue weighted by Gasteiger charge is 2.29. The Morgan fingerprint density at radius 3 is 3.10 bits per heavy atom. The van der Waals surface area contributed by atoms with Crippen LogP contribution in [-0.4, -0.2) is 39.5 Å². The smallest absolute Gasteiger partial charge is 0.195 e. The van der Waals surface area contributed by atoms with Crippen LogP contribution in [0.4, 0.5) is 5.82 Å². The molecule has 2 aromatic rings. The van der Waals surface area contributed by atoms with Gasteiger partial charge in [-0.25, -0.2) is 4.98 Å². The van der Waals surface area contributed by atoms with Crippen LogP contribution in [0.5, 0.6) is 0 Å². The number of hydrogen-bond donors (Lipinski definition) is 1. The molecule has 1 saturated heterocycles. The number of anilines is 1. The summed E-state index contributed by atoms with van der Waals surface area (Å²) in [6.07, 6.45) is 2.13. The Labute approximate surface area is 128 Å². The summed E-state index contributed by atoms with van der Waals surface area (Å²) in [5.41, 5.74) is 1.30. The van der Waals surface area contributed by atoms with Gasteiger partial charge in [0.25, 0.3) is 0 Å². The minimum Gasteiger partial charge on any atom is -0.350 e. The lowest BCUT2D eigenvalue weighted by Crippen LogP contribution is -2.45. The van der Waals surface area contributed by atoms with Crippen LogP contribution in [0.1, 0.15) is 26.5 Å². The van der Waals surface area contributed by atoms with E-state index in [2.05, 4.69) is 58.7 Å². The van der Waals surface area contributed by atoms with Gasteiger partial charge in [-0.05, 0) is 13.5 Å². The second-order valence-corrected chi connectivity index (χ2v) is 7.59. The number of hydrogen-bond acceptors (Lipinski definition) is 5. The van der Waals surface area contributed by atoms with Gasteiger partial charge in [-0.2, -0.15) is 11.8 Å². The van der Waals surface area contributed by atoms with Gasteiger partial charge in [0, 0.05) is 41.7 Å². The van der Waals surface area contributed by atoms with E-state index in [1.165, 1.54) is 17.3 Å². The zero-order valence-corrected chi connectivity index (χ0v) is 13.9. The van der Waals surface area contributed by atoms with E-state index in [0.29, 0.717) is 11.3 Å². The summed E-state index contributed by atoms with van der Waals surface area (Å²) in [5, 5.41) is 6.22. The average molecular weight is 310 g/mol. The maximum atomic E-state index is 4.89. The van der Waals surface area contributed by atoms with Gasteiger partial charge in [0.05, 0.1) is 5.69 Å². The molecule has 2 atom stereocenters. The molecule has 0 spiro atoms. The predicted molar refractivity (Wildman–Crippen MR) is 89.2 cm³/mol. The van der Waals surface area contributed by atoms with Crippen molar-refractivity contribution in [2.75, 3.05) is 23.7 Å². The fourth-order valence-electron chi connectivity index (χ4n) is 2.69. The highest BCUT2D eigenvalue weighted by Crippen LogP contribution is 2.32. The molecule has 3 rings (SSSR count). The van der Waals surface area contributed by atoms with Crippen LogP contribution < -0.4 is 10.2 Å². The molecule has 20 heavy (non-hydrogen) atoms. The van der Waals surface area contributed by atoms with E-state index in [0.717, 1.165) is 24.6 Å². The minimum atomic E-state index is 0.540. The van der Waals surface area contributed by atoms with Gasteiger partial charge in [-0.3, -0.25) is 4.40 Å². The van der Waals surface area contributed by atoms with Gasteiger partial charge >= 0.3 is 0 Å². The molecule has 0 aliphatic carbocycles. The molecule has 1 N–H and O–H groups in total. The van der Waals surface area contributed by atoms with Gasteiger partial charge in [-0.15, -0.1) is 11.3 Å². The molecule has 1 aliphatic rings. The van der Waals surface area contributed by atoms with Crippen LogP contribution in [0.25, 0.3) is 4.96 Å². The Kier molecular flexibility index (Phi) is 4.23. The molecule has 0 bridgehead atoms. The molecule has 6 heteroatoms. The first-order chi connectivity index (χ1) is 9.72. The standard InChI is InChI=1S/C14H22N4S2/c1-4-15-9-12-13(16-14-18(12)6-8-20-14)17-5-7-19-11(3)10(17)2/h6,8,10-11,15H,4-5,7,9H2,1-3H3. The SMILES string of the molecule is CCNCc1c(N2CCSC(C)C2C)nc2sccn12. The topological polar surface area (TPSA) is 32.6 Å². The molecule has 4 nitrogen and oxygen atoms in total. The zero-order chi connectivity index (χ0) is 14.1. The second kappa shape index (κ2) is 5.95. The van der Waals surface area contributed by atoms with Crippen molar-refractivity contribution in [3.63, 3.8) is 0 Å². The third-order valence-electron chi connectivity index (χ3n) is 4.04. The molecule has 0 saturated carbocycles. The van der Waals surface area contributed by atoms with Crippen molar-refractivity contribution in [1.82, 2.24) is 14.7 Å². The highest BCUT2D eigenvalue weighted by molar-refractivity contribution is 8.00.